The summed E-state index contributed by atoms with van der Waals surface area (Å²) in [6.07, 6.45) is 2.19. The molecule has 0 aromatic carbocycles. The van der Waals surface area contributed by atoms with Crippen LogP contribution < -0.4 is 10.6 Å². The summed E-state index contributed by atoms with van der Waals surface area (Å²) in [5.41, 5.74) is 6.59. The van der Waals surface area contributed by atoms with E-state index >= 15 is 0 Å². The Bertz CT molecular complexity index is 504. The lowest BCUT2D eigenvalue weighted by Gasteiger charge is -2.16. The number of rotatable bonds is 4. The summed E-state index contributed by atoms with van der Waals surface area (Å²) < 4.78 is 5.05. The molecule has 1 aromatic heterocycles. The Labute approximate surface area is 116 Å². The van der Waals surface area contributed by atoms with Crippen LogP contribution in [0.25, 0.3) is 0 Å². The van der Waals surface area contributed by atoms with Crippen LogP contribution in [0.4, 0.5) is 10.7 Å². The molecule has 0 atom stereocenters. The molecule has 19 heavy (non-hydrogen) atoms. The molecule has 0 spiro atoms. The van der Waals surface area contributed by atoms with Gasteiger partial charge >= 0.3 is 5.97 Å². The molecule has 1 aliphatic rings. The van der Waals surface area contributed by atoms with Crippen LogP contribution in [0.3, 0.4) is 0 Å². The number of ether oxygens (including phenoxy) is 1. The largest absolute Gasteiger partial charge is 0.462 e. The number of ketones is 1. The van der Waals surface area contributed by atoms with Gasteiger partial charge in [-0.05, 0) is 19.8 Å². The normalized spacial score (nSPS) is 14.7. The van der Waals surface area contributed by atoms with Crippen LogP contribution in [0.1, 0.15) is 46.7 Å². The van der Waals surface area contributed by atoms with E-state index in [1.165, 1.54) is 18.3 Å². The first-order valence-electron chi connectivity index (χ1n) is 6.41. The van der Waals surface area contributed by atoms with Crippen molar-refractivity contribution in [3.8, 4) is 0 Å². The Kier molecular flexibility index (Phi) is 4.09. The molecule has 0 saturated carbocycles. The minimum atomic E-state index is -0.439. The van der Waals surface area contributed by atoms with Crippen molar-refractivity contribution in [1.82, 2.24) is 0 Å². The number of nitrogen functional groups attached to an aromatic ring is 1. The third kappa shape index (κ3) is 2.58. The van der Waals surface area contributed by atoms with Gasteiger partial charge in [-0.15, -0.1) is 11.3 Å². The molecule has 5 nitrogen and oxygen atoms in total. The zero-order chi connectivity index (χ0) is 14.0. The number of esters is 1. The molecule has 0 radical (unpaired) electrons. The molecule has 2 N–H and O–H groups in total. The van der Waals surface area contributed by atoms with Crippen molar-refractivity contribution < 1.29 is 14.3 Å². The molecule has 1 aliphatic heterocycles. The fraction of sp³-hybridized carbons (Fsp3) is 0.538. The lowest BCUT2D eigenvalue weighted by molar-refractivity contribution is 0.0529. The van der Waals surface area contributed by atoms with E-state index in [4.69, 9.17) is 10.5 Å². The van der Waals surface area contributed by atoms with Gasteiger partial charge in [0.15, 0.2) is 5.78 Å². The second kappa shape index (κ2) is 5.61. The minimum absolute atomic E-state index is 0.113. The second-order valence-electron chi connectivity index (χ2n) is 4.50. The first kappa shape index (κ1) is 13.9. The summed E-state index contributed by atoms with van der Waals surface area (Å²) >= 11 is 1.30. The van der Waals surface area contributed by atoms with Crippen molar-refractivity contribution >= 4 is 33.8 Å². The molecule has 0 aliphatic carbocycles. The highest BCUT2D eigenvalue weighted by Crippen LogP contribution is 2.40. The van der Waals surface area contributed by atoms with Gasteiger partial charge < -0.3 is 15.4 Å². The van der Waals surface area contributed by atoms with Crippen molar-refractivity contribution in [2.45, 2.75) is 26.7 Å². The summed E-state index contributed by atoms with van der Waals surface area (Å²) in [6, 6.07) is 0. The molecule has 1 aromatic rings. The van der Waals surface area contributed by atoms with Gasteiger partial charge in [-0.25, -0.2) is 4.79 Å². The fourth-order valence-electron chi connectivity index (χ4n) is 2.24. The molecule has 2 heterocycles. The van der Waals surface area contributed by atoms with Gasteiger partial charge in [0.1, 0.15) is 10.6 Å². The predicted octanol–water partition coefficient (Wildman–Crippen LogP) is 2.31. The Morgan fingerprint density at radius 1 is 1.37 bits per heavy atom. The lowest BCUT2D eigenvalue weighted by Crippen LogP contribution is -2.20. The highest BCUT2D eigenvalue weighted by molar-refractivity contribution is 7.19. The average Bonchev–Trinajstić information content (AvgIpc) is 2.95. The molecular formula is C13H18N2O3S. The van der Waals surface area contributed by atoms with Crippen molar-refractivity contribution in [3.05, 3.63) is 10.4 Å². The number of Topliss-reactive ketones (excluding diaryl/α,β-unsaturated/α-hetero) is 1. The summed E-state index contributed by atoms with van der Waals surface area (Å²) in [4.78, 5) is 26.2. The van der Waals surface area contributed by atoms with Crippen LogP contribution in [-0.2, 0) is 4.74 Å². The molecule has 2 rings (SSSR count). The third-order valence-electron chi connectivity index (χ3n) is 3.12. The van der Waals surface area contributed by atoms with Gasteiger partial charge in [0.2, 0.25) is 0 Å². The molecule has 0 unspecified atom stereocenters. The molecule has 1 saturated heterocycles. The Morgan fingerprint density at radius 3 is 2.53 bits per heavy atom. The molecule has 1 fully saturated rings. The maximum Gasteiger partial charge on any atom is 0.343 e. The molecule has 0 bridgehead atoms. The van der Waals surface area contributed by atoms with E-state index in [1.54, 1.807) is 6.92 Å². The Morgan fingerprint density at radius 2 is 2.00 bits per heavy atom. The molecule has 0 amide bonds. The first-order chi connectivity index (χ1) is 9.06. The van der Waals surface area contributed by atoms with Crippen LogP contribution in [0.15, 0.2) is 0 Å². The van der Waals surface area contributed by atoms with Crippen LogP contribution >= 0.6 is 11.3 Å². The lowest BCUT2D eigenvalue weighted by atomic mass is 10.2. The van der Waals surface area contributed by atoms with E-state index in [9.17, 15) is 9.59 Å². The Hall–Kier alpha value is -1.56. The average molecular weight is 282 g/mol. The highest BCUT2D eigenvalue weighted by atomic mass is 32.1. The van der Waals surface area contributed by atoms with E-state index in [1.807, 2.05) is 0 Å². The van der Waals surface area contributed by atoms with E-state index in [0.29, 0.717) is 17.0 Å². The van der Waals surface area contributed by atoms with Gasteiger partial charge in [-0.3, -0.25) is 4.79 Å². The van der Waals surface area contributed by atoms with E-state index in [2.05, 4.69) is 4.90 Å². The van der Waals surface area contributed by atoms with Gasteiger partial charge in [-0.1, -0.05) is 0 Å². The van der Waals surface area contributed by atoms with E-state index < -0.39 is 5.97 Å². The maximum absolute atomic E-state index is 12.0. The number of anilines is 2. The summed E-state index contributed by atoms with van der Waals surface area (Å²) in [7, 11) is 0. The van der Waals surface area contributed by atoms with Crippen molar-refractivity contribution in [2.75, 3.05) is 30.3 Å². The number of hydrogen-bond donors (Lipinski definition) is 1. The summed E-state index contributed by atoms with van der Waals surface area (Å²) in [5.74, 6) is -0.552. The number of hydrogen-bond acceptors (Lipinski definition) is 6. The van der Waals surface area contributed by atoms with Crippen LogP contribution in [0, 0.1) is 0 Å². The zero-order valence-corrected chi connectivity index (χ0v) is 12.0. The van der Waals surface area contributed by atoms with Gasteiger partial charge in [0, 0.05) is 20.0 Å². The standard InChI is InChI=1S/C13H18N2O3S/c1-3-18-13(17)9-10(14)11(8(2)16)19-12(9)15-6-4-5-7-15/h3-7,14H2,1-2H3. The summed E-state index contributed by atoms with van der Waals surface area (Å²) in [6.45, 7) is 5.29. The number of nitrogens with zero attached hydrogens (tertiary/aromatic N) is 1. The SMILES string of the molecule is CCOC(=O)c1c(N2CCCC2)sc(C(C)=O)c1N. The molecular weight excluding hydrogens is 264 g/mol. The van der Waals surface area contributed by atoms with Crippen molar-refractivity contribution in [1.29, 1.82) is 0 Å². The van der Waals surface area contributed by atoms with E-state index in [-0.39, 0.29) is 11.5 Å². The number of carbonyl (C=O) groups is 2. The summed E-state index contributed by atoms with van der Waals surface area (Å²) in [5, 5.41) is 0.777. The number of carbonyl (C=O) groups excluding carboxylic acids is 2. The third-order valence-corrected chi connectivity index (χ3v) is 4.49. The molecule has 104 valence electrons. The zero-order valence-electron chi connectivity index (χ0n) is 11.2. The van der Waals surface area contributed by atoms with Crippen LogP contribution in [0.2, 0.25) is 0 Å². The molecule has 6 heteroatoms. The topological polar surface area (TPSA) is 72.6 Å². The van der Waals surface area contributed by atoms with Crippen LogP contribution in [-0.4, -0.2) is 31.4 Å². The van der Waals surface area contributed by atoms with Gasteiger partial charge in [0.05, 0.1) is 17.2 Å². The quantitative estimate of drug-likeness (QED) is 0.677. The van der Waals surface area contributed by atoms with Crippen LogP contribution in [0.5, 0.6) is 0 Å². The highest BCUT2D eigenvalue weighted by Gasteiger charge is 2.29. The first-order valence-corrected chi connectivity index (χ1v) is 7.23. The maximum atomic E-state index is 12.0. The number of thiophene rings is 1. The minimum Gasteiger partial charge on any atom is -0.462 e. The van der Waals surface area contributed by atoms with Gasteiger partial charge in [-0.2, -0.15) is 0 Å². The number of nitrogens with two attached hydrogens (primary N) is 1. The van der Waals surface area contributed by atoms with E-state index in [0.717, 1.165) is 30.9 Å². The fourth-order valence-corrected chi connectivity index (χ4v) is 3.39. The smallest absolute Gasteiger partial charge is 0.343 e. The van der Waals surface area contributed by atoms with Gasteiger partial charge in [0.25, 0.3) is 0 Å². The Balaban J connectivity index is 2.47. The monoisotopic (exact) mass is 282 g/mol. The van der Waals surface area contributed by atoms with Crippen molar-refractivity contribution in [3.63, 3.8) is 0 Å². The second-order valence-corrected chi connectivity index (χ2v) is 5.49. The predicted molar refractivity (Wildman–Crippen MR) is 76.1 cm³/mol. The van der Waals surface area contributed by atoms with Crippen molar-refractivity contribution in [2.24, 2.45) is 0 Å².